The van der Waals surface area contributed by atoms with Crippen LogP contribution < -0.4 is 11.1 Å². The fourth-order valence-electron chi connectivity index (χ4n) is 2.88. The number of nitrogens with two attached hydrogens (primary N) is 1. The maximum Gasteiger partial charge on any atom is 0.237 e. The van der Waals surface area contributed by atoms with Gasteiger partial charge in [0.15, 0.2) is 0 Å². The topological polar surface area (TPSA) is 64.3 Å². The van der Waals surface area contributed by atoms with E-state index < -0.39 is 5.54 Å². The number of hydrogen-bond acceptors (Lipinski definition) is 3. The smallest absolute Gasteiger partial charge is 0.237 e. The highest BCUT2D eigenvalue weighted by molar-refractivity contribution is 5.84. The summed E-state index contributed by atoms with van der Waals surface area (Å²) in [6.45, 7) is 7.61. The molecule has 3 atom stereocenters. The fraction of sp³-hybridized carbons (Fsp3) is 0.933. The molecule has 0 aliphatic heterocycles. The van der Waals surface area contributed by atoms with Crippen LogP contribution in [0.1, 0.15) is 59.3 Å². The highest BCUT2D eigenvalue weighted by Gasteiger charge is 2.29. The first-order valence-electron chi connectivity index (χ1n) is 7.66. The van der Waals surface area contributed by atoms with Gasteiger partial charge in [-0.3, -0.25) is 4.79 Å². The lowest BCUT2D eigenvalue weighted by Crippen LogP contribution is -2.53. The number of rotatable bonds is 8. The Kier molecular flexibility index (Phi) is 6.80. The van der Waals surface area contributed by atoms with Crippen molar-refractivity contribution in [2.24, 2.45) is 11.7 Å². The SMILES string of the molecule is CCNC(C)(CCCOC1CCCCC1C)C(N)=O. The molecule has 0 heterocycles. The minimum atomic E-state index is -0.601. The molecule has 0 saturated heterocycles. The molecule has 0 aromatic rings. The molecule has 0 aromatic carbocycles. The van der Waals surface area contributed by atoms with E-state index in [1.54, 1.807) is 0 Å². The molecule has 0 spiro atoms. The van der Waals surface area contributed by atoms with Gasteiger partial charge in [0.2, 0.25) is 5.91 Å². The summed E-state index contributed by atoms with van der Waals surface area (Å²) < 4.78 is 5.97. The monoisotopic (exact) mass is 270 g/mol. The van der Waals surface area contributed by atoms with Gasteiger partial charge in [-0.2, -0.15) is 0 Å². The molecule has 112 valence electrons. The summed E-state index contributed by atoms with van der Waals surface area (Å²) in [7, 11) is 0. The standard InChI is InChI=1S/C15H30N2O2/c1-4-17-15(3,14(16)18)10-7-11-19-13-9-6-5-8-12(13)2/h12-13,17H,4-11H2,1-3H3,(H2,16,18). The molecule has 4 nitrogen and oxygen atoms in total. The van der Waals surface area contributed by atoms with Gasteiger partial charge in [-0.05, 0) is 45.1 Å². The van der Waals surface area contributed by atoms with E-state index in [1.165, 1.54) is 25.7 Å². The van der Waals surface area contributed by atoms with Gasteiger partial charge in [-0.1, -0.05) is 26.7 Å². The van der Waals surface area contributed by atoms with Gasteiger partial charge in [0.1, 0.15) is 0 Å². The van der Waals surface area contributed by atoms with E-state index in [0.717, 1.165) is 26.0 Å². The summed E-state index contributed by atoms with van der Waals surface area (Å²) in [5.74, 6) is 0.394. The first-order chi connectivity index (χ1) is 8.99. The minimum absolute atomic E-state index is 0.277. The van der Waals surface area contributed by atoms with Crippen molar-refractivity contribution in [3.05, 3.63) is 0 Å². The van der Waals surface area contributed by atoms with Crippen molar-refractivity contribution in [2.75, 3.05) is 13.2 Å². The van der Waals surface area contributed by atoms with Crippen molar-refractivity contribution in [1.82, 2.24) is 5.32 Å². The van der Waals surface area contributed by atoms with Crippen LogP contribution in [0.15, 0.2) is 0 Å². The van der Waals surface area contributed by atoms with Crippen LogP contribution >= 0.6 is 0 Å². The van der Waals surface area contributed by atoms with E-state index in [4.69, 9.17) is 10.5 Å². The maximum atomic E-state index is 11.5. The number of hydrogen-bond donors (Lipinski definition) is 2. The lowest BCUT2D eigenvalue weighted by Gasteiger charge is -2.30. The predicted octanol–water partition coefficient (Wildman–Crippen LogP) is 2.22. The largest absolute Gasteiger partial charge is 0.378 e. The number of carbonyl (C=O) groups is 1. The average molecular weight is 270 g/mol. The van der Waals surface area contributed by atoms with E-state index in [1.807, 2.05) is 13.8 Å². The first-order valence-corrected chi connectivity index (χ1v) is 7.66. The third-order valence-corrected chi connectivity index (χ3v) is 4.30. The average Bonchev–Trinajstić information content (AvgIpc) is 2.37. The van der Waals surface area contributed by atoms with Gasteiger partial charge in [0.05, 0.1) is 11.6 Å². The normalized spacial score (nSPS) is 26.9. The van der Waals surface area contributed by atoms with Gasteiger partial charge < -0.3 is 15.8 Å². The Labute approximate surface area is 117 Å². The van der Waals surface area contributed by atoms with Crippen LogP contribution in [-0.2, 0) is 9.53 Å². The van der Waals surface area contributed by atoms with E-state index in [2.05, 4.69) is 12.2 Å². The van der Waals surface area contributed by atoms with E-state index in [0.29, 0.717) is 12.0 Å². The zero-order valence-corrected chi connectivity index (χ0v) is 12.7. The molecule has 19 heavy (non-hydrogen) atoms. The number of primary amides is 1. The van der Waals surface area contributed by atoms with Crippen LogP contribution in [0.3, 0.4) is 0 Å². The molecule has 1 amide bonds. The van der Waals surface area contributed by atoms with Crippen molar-refractivity contribution in [2.45, 2.75) is 70.9 Å². The fourth-order valence-corrected chi connectivity index (χ4v) is 2.88. The van der Waals surface area contributed by atoms with Gasteiger partial charge in [0, 0.05) is 6.61 Å². The Hall–Kier alpha value is -0.610. The van der Waals surface area contributed by atoms with Crippen LogP contribution in [0.4, 0.5) is 0 Å². The van der Waals surface area contributed by atoms with Crippen LogP contribution in [-0.4, -0.2) is 30.7 Å². The van der Waals surface area contributed by atoms with Crippen LogP contribution in [0.25, 0.3) is 0 Å². The number of carbonyl (C=O) groups excluding carboxylic acids is 1. The van der Waals surface area contributed by atoms with Gasteiger partial charge in [-0.15, -0.1) is 0 Å². The number of ether oxygens (including phenoxy) is 1. The Morgan fingerprint density at radius 3 is 2.68 bits per heavy atom. The number of likely N-dealkylation sites (N-methyl/N-ethyl adjacent to an activating group) is 1. The molecule has 1 fully saturated rings. The Morgan fingerprint density at radius 2 is 2.11 bits per heavy atom. The lowest BCUT2D eigenvalue weighted by atomic mass is 9.88. The van der Waals surface area contributed by atoms with E-state index in [-0.39, 0.29) is 5.91 Å². The summed E-state index contributed by atoms with van der Waals surface area (Å²) in [5, 5.41) is 3.18. The summed E-state index contributed by atoms with van der Waals surface area (Å²) in [5.41, 5.74) is 4.86. The maximum absolute atomic E-state index is 11.5. The molecule has 0 radical (unpaired) electrons. The molecule has 1 aliphatic carbocycles. The molecule has 3 unspecified atom stereocenters. The summed E-state index contributed by atoms with van der Waals surface area (Å²) in [4.78, 5) is 11.5. The van der Waals surface area contributed by atoms with Crippen LogP contribution in [0.5, 0.6) is 0 Å². The van der Waals surface area contributed by atoms with Gasteiger partial charge in [0.25, 0.3) is 0 Å². The molecule has 4 heteroatoms. The summed E-state index contributed by atoms with van der Waals surface area (Å²) in [6, 6.07) is 0. The van der Waals surface area contributed by atoms with Crippen LogP contribution in [0.2, 0.25) is 0 Å². The Morgan fingerprint density at radius 1 is 1.42 bits per heavy atom. The molecule has 0 bridgehead atoms. The van der Waals surface area contributed by atoms with Crippen molar-refractivity contribution >= 4 is 5.91 Å². The minimum Gasteiger partial charge on any atom is -0.378 e. The quantitative estimate of drug-likeness (QED) is 0.665. The Bertz CT molecular complexity index is 283. The number of nitrogens with one attached hydrogen (secondary N) is 1. The molecule has 3 N–H and O–H groups in total. The van der Waals surface area contributed by atoms with Crippen molar-refractivity contribution in [3.63, 3.8) is 0 Å². The van der Waals surface area contributed by atoms with Crippen molar-refractivity contribution in [1.29, 1.82) is 0 Å². The Balaban J connectivity index is 2.26. The highest BCUT2D eigenvalue weighted by Crippen LogP contribution is 2.26. The van der Waals surface area contributed by atoms with E-state index >= 15 is 0 Å². The van der Waals surface area contributed by atoms with Crippen molar-refractivity contribution < 1.29 is 9.53 Å². The third-order valence-electron chi connectivity index (χ3n) is 4.30. The second kappa shape index (κ2) is 7.85. The molecule has 1 saturated carbocycles. The van der Waals surface area contributed by atoms with Gasteiger partial charge >= 0.3 is 0 Å². The molecule has 0 aromatic heterocycles. The third kappa shape index (κ3) is 5.11. The second-order valence-corrected chi connectivity index (χ2v) is 6.00. The second-order valence-electron chi connectivity index (χ2n) is 6.00. The summed E-state index contributed by atoms with van der Waals surface area (Å²) >= 11 is 0. The van der Waals surface area contributed by atoms with E-state index in [9.17, 15) is 4.79 Å². The molecular weight excluding hydrogens is 240 g/mol. The number of amides is 1. The lowest BCUT2D eigenvalue weighted by molar-refractivity contribution is -0.124. The van der Waals surface area contributed by atoms with Gasteiger partial charge in [-0.25, -0.2) is 0 Å². The van der Waals surface area contributed by atoms with Crippen molar-refractivity contribution in [3.8, 4) is 0 Å². The molecular formula is C15H30N2O2. The zero-order valence-electron chi connectivity index (χ0n) is 12.7. The first kappa shape index (κ1) is 16.4. The summed E-state index contributed by atoms with van der Waals surface area (Å²) in [6.07, 6.45) is 7.09. The molecule has 1 rings (SSSR count). The van der Waals surface area contributed by atoms with Crippen LogP contribution in [0, 0.1) is 5.92 Å². The zero-order chi connectivity index (χ0) is 14.3. The highest BCUT2D eigenvalue weighted by atomic mass is 16.5. The predicted molar refractivity (Wildman–Crippen MR) is 77.9 cm³/mol. The molecule has 1 aliphatic rings.